The van der Waals surface area contributed by atoms with Gasteiger partial charge in [-0.15, -0.1) is 11.3 Å². The summed E-state index contributed by atoms with van der Waals surface area (Å²) in [6.45, 7) is 3.86. The van der Waals surface area contributed by atoms with Gasteiger partial charge in [0.15, 0.2) is 5.13 Å². The van der Waals surface area contributed by atoms with Gasteiger partial charge >= 0.3 is 0 Å². The topological polar surface area (TPSA) is 55.1 Å². The highest BCUT2D eigenvalue weighted by atomic mass is 32.1. The molecule has 1 aromatic carbocycles. The van der Waals surface area contributed by atoms with Gasteiger partial charge in [0.05, 0.1) is 5.69 Å². The molecule has 2 heterocycles. The SMILES string of the molecule is Cc1ccc(/C=C/C(=O)Nc2nc(-c3ccccc3)c(C)s2)o1. The summed E-state index contributed by atoms with van der Waals surface area (Å²) < 4.78 is 5.39. The predicted molar refractivity (Wildman–Crippen MR) is 93.4 cm³/mol. The predicted octanol–water partition coefficient (Wildman–Crippen LogP) is 4.67. The maximum atomic E-state index is 12.0. The molecule has 0 aliphatic carbocycles. The molecule has 0 atom stereocenters. The highest BCUT2D eigenvalue weighted by Gasteiger charge is 2.10. The van der Waals surface area contributed by atoms with Crippen LogP contribution < -0.4 is 5.32 Å². The Labute approximate surface area is 138 Å². The highest BCUT2D eigenvalue weighted by molar-refractivity contribution is 7.16. The Balaban J connectivity index is 1.71. The van der Waals surface area contributed by atoms with Crippen LogP contribution in [0.15, 0.2) is 53.0 Å². The number of nitrogens with zero attached hydrogens (tertiary/aromatic N) is 1. The maximum absolute atomic E-state index is 12.0. The monoisotopic (exact) mass is 324 g/mol. The lowest BCUT2D eigenvalue weighted by molar-refractivity contribution is -0.111. The fraction of sp³-hybridized carbons (Fsp3) is 0.111. The van der Waals surface area contributed by atoms with Crippen LogP contribution in [0.2, 0.25) is 0 Å². The number of anilines is 1. The molecule has 1 amide bonds. The van der Waals surface area contributed by atoms with Crippen LogP contribution in [0.3, 0.4) is 0 Å². The van der Waals surface area contributed by atoms with Gasteiger partial charge in [0, 0.05) is 16.5 Å². The second kappa shape index (κ2) is 6.62. The molecule has 3 aromatic rings. The van der Waals surface area contributed by atoms with Crippen LogP contribution in [-0.2, 0) is 4.79 Å². The molecular formula is C18H16N2O2S. The van der Waals surface area contributed by atoms with E-state index in [1.165, 1.54) is 17.4 Å². The minimum Gasteiger partial charge on any atom is -0.462 e. The van der Waals surface area contributed by atoms with E-state index >= 15 is 0 Å². The van der Waals surface area contributed by atoms with Gasteiger partial charge in [-0.05, 0) is 32.1 Å². The molecule has 0 saturated carbocycles. The first-order chi connectivity index (χ1) is 11.1. The molecule has 0 bridgehead atoms. The van der Waals surface area contributed by atoms with Gasteiger partial charge in [-0.1, -0.05) is 30.3 Å². The zero-order chi connectivity index (χ0) is 16.2. The molecule has 2 aromatic heterocycles. The van der Waals surface area contributed by atoms with Crippen molar-refractivity contribution in [3.63, 3.8) is 0 Å². The third-order valence-electron chi connectivity index (χ3n) is 3.23. The summed E-state index contributed by atoms with van der Waals surface area (Å²) >= 11 is 1.46. The average molecular weight is 324 g/mol. The zero-order valence-electron chi connectivity index (χ0n) is 12.9. The number of benzene rings is 1. The van der Waals surface area contributed by atoms with Gasteiger partial charge in [-0.2, -0.15) is 0 Å². The number of carbonyl (C=O) groups excluding carboxylic acids is 1. The molecule has 0 aliphatic heterocycles. The van der Waals surface area contributed by atoms with E-state index in [4.69, 9.17) is 4.42 Å². The Morgan fingerprint density at radius 1 is 1.17 bits per heavy atom. The van der Waals surface area contributed by atoms with E-state index in [0.29, 0.717) is 10.9 Å². The van der Waals surface area contributed by atoms with Crippen LogP contribution in [0.25, 0.3) is 17.3 Å². The summed E-state index contributed by atoms with van der Waals surface area (Å²) in [7, 11) is 0. The number of aromatic nitrogens is 1. The van der Waals surface area contributed by atoms with E-state index in [2.05, 4.69) is 10.3 Å². The number of rotatable bonds is 4. The van der Waals surface area contributed by atoms with Crippen molar-refractivity contribution in [2.24, 2.45) is 0 Å². The largest absolute Gasteiger partial charge is 0.462 e. The molecule has 0 aliphatic rings. The Bertz CT molecular complexity index is 847. The summed E-state index contributed by atoms with van der Waals surface area (Å²) in [5.74, 6) is 1.23. The van der Waals surface area contributed by atoms with Crippen molar-refractivity contribution in [3.05, 3.63) is 64.9 Å². The third-order valence-corrected chi connectivity index (χ3v) is 4.12. The molecule has 23 heavy (non-hydrogen) atoms. The van der Waals surface area contributed by atoms with Crippen LogP contribution >= 0.6 is 11.3 Å². The van der Waals surface area contributed by atoms with Crippen molar-refractivity contribution in [1.82, 2.24) is 4.98 Å². The molecule has 0 radical (unpaired) electrons. The number of carbonyl (C=O) groups is 1. The number of furan rings is 1. The van der Waals surface area contributed by atoms with Crippen molar-refractivity contribution in [3.8, 4) is 11.3 Å². The zero-order valence-corrected chi connectivity index (χ0v) is 13.7. The molecule has 0 spiro atoms. The number of thiazole rings is 1. The van der Waals surface area contributed by atoms with Gasteiger partial charge < -0.3 is 4.42 Å². The molecule has 116 valence electrons. The maximum Gasteiger partial charge on any atom is 0.250 e. The van der Waals surface area contributed by atoms with E-state index < -0.39 is 0 Å². The molecule has 0 fully saturated rings. The van der Waals surface area contributed by atoms with Crippen molar-refractivity contribution >= 4 is 28.5 Å². The molecule has 4 nitrogen and oxygen atoms in total. The first-order valence-corrected chi connectivity index (χ1v) is 8.02. The van der Waals surface area contributed by atoms with Gasteiger partial charge in [0.1, 0.15) is 11.5 Å². The molecule has 0 saturated heterocycles. The summed E-state index contributed by atoms with van der Waals surface area (Å²) in [5.41, 5.74) is 1.94. The lowest BCUT2D eigenvalue weighted by atomic mass is 10.1. The number of aryl methyl sites for hydroxylation is 2. The lowest BCUT2D eigenvalue weighted by Gasteiger charge is -1.97. The smallest absolute Gasteiger partial charge is 0.250 e. The molecule has 1 N–H and O–H groups in total. The van der Waals surface area contributed by atoms with E-state index in [9.17, 15) is 4.79 Å². The van der Waals surface area contributed by atoms with Gasteiger partial charge in [-0.3, -0.25) is 10.1 Å². The average Bonchev–Trinajstić information content (AvgIpc) is 3.12. The number of amides is 1. The minimum atomic E-state index is -0.229. The second-order valence-electron chi connectivity index (χ2n) is 5.06. The lowest BCUT2D eigenvalue weighted by Crippen LogP contribution is -2.07. The standard InChI is InChI=1S/C18H16N2O2S/c1-12-8-9-15(22-12)10-11-16(21)19-18-20-17(13(2)23-18)14-6-4-3-5-7-14/h3-11H,1-2H3,(H,19,20,21)/b11-10+. The van der Waals surface area contributed by atoms with E-state index in [1.54, 1.807) is 6.08 Å². The van der Waals surface area contributed by atoms with Crippen molar-refractivity contribution < 1.29 is 9.21 Å². The first kappa shape index (κ1) is 15.2. The van der Waals surface area contributed by atoms with Crippen molar-refractivity contribution in [2.75, 3.05) is 5.32 Å². The Kier molecular flexibility index (Phi) is 4.39. The van der Waals surface area contributed by atoms with Gasteiger partial charge in [0.25, 0.3) is 0 Å². The van der Waals surface area contributed by atoms with Crippen LogP contribution in [0.5, 0.6) is 0 Å². The van der Waals surface area contributed by atoms with Gasteiger partial charge in [-0.25, -0.2) is 4.98 Å². The quantitative estimate of drug-likeness (QED) is 0.709. The molecule has 3 rings (SSSR count). The normalized spacial score (nSPS) is 11.0. The number of hydrogen-bond acceptors (Lipinski definition) is 4. The molecule has 0 unspecified atom stereocenters. The molecular weight excluding hydrogens is 308 g/mol. The summed E-state index contributed by atoms with van der Waals surface area (Å²) in [5, 5.41) is 3.38. The van der Waals surface area contributed by atoms with E-state index in [1.807, 2.05) is 56.3 Å². The van der Waals surface area contributed by atoms with Crippen molar-refractivity contribution in [1.29, 1.82) is 0 Å². The van der Waals surface area contributed by atoms with E-state index in [-0.39, 0.29) is 5.91 Å². The highest BCUT2D eigenvalue weighted by Crippen LogP contribution is 2.30. The second-order valence-corrected chi connectivity index (χ2v) is 6.26. The van der Waals surface area contributed by atoms with Crippen LogP contribution in [0, 0.1) is 13.8 Å². The summed E-state index contributed by atoms with van der Waals surface area (Å²) in [6, 6.07) is 13.6. The van der Waals surface area contributed by atoms with Gasteiger partial charge in [0.2, 0.25) is 5.91 Å². The van der Waals surface area contributed by atoms with Crippen LogP contribution in [0.1, 0.15) is 16.4 Å². The Morgan fingerprint density at radius 2 is 1.96 bits per heavy atom. The van der Waals surface area contributed by atoms with Crippen LogP contribution in [0.4, 0.5) is 5.13 Å². The minimum absolute atomic E-state index is 0.229. The number of nitrogens with one attached hydrogen (secondary N) is 1. The van der Waals surface area contributed by atoms with Crippen LogP contribution in [-0.4, -0.2) is 10.9 Å². The first-order valence-electron chi connectivity index (χ1n) is 7.20. The summed E-state index contributed by atoms with van der Waals surface area (Å²) in [4.78, 5) is 17.6. The van der Waals surface area contributed by atoms with Crippen molar-refractivity contribution in [2.45, 2.75) is 13.8 Å². The third kappa shape index (κ3) is 3.76. The molecule has 5 heteroatoms. The fourth-order valence-electron chi connectivity index (χ4n) is 2.16. The van der Waals surface area contributed by atoms with E-state index in [0.717, 1.165) is 21.9 Å². The number of hydrogen-bond donors (Lipinski definition) is 1. The Hall–Kier alpha value is -2.66. The Morgan fingerprint density at radius 3 is 2.65 bits per heavy atom. The summed E-state index contributed by atoms with van der Waals surface area (Å²) in [6.07, 6.45) is 3.08. The fourth-order valence-corrected chi connectivity index (χ4v) is 3.00.